The zero-order chi connectivity index (χ0) is 17.9. The Labute approximate surface area is 146 Å². The summed E-state index contributed by atoms with van der Waals surface area (Å²) in [5.41, 5.74) is 1.59. The molecule has 0 saturated heterocycles. The van der Waals surface area contributed by atoms with Gasteiger partial charge in [-0.2, -0.15) is 14.5 Å². The van der Waals surface area contributed by atoms with Crippen molar-refractivity contribution >= 4 is 15.9 Å². The third-order valence-electron chi connectivity index (χ3n) is 4.10. The topological polar surface area (TPSA) is 102 Å². The minimum absolute atomic E-state index is 0.0316. The van der Waals surface area contributed by atoms with Crippen molar-refractivity contribution in [1.82, 2.24) is 29.2 Å². The minimum Gasteiger partial charge on any atom is -0.350 e. The molecule has 1 aliphatic rings. The molecule has 2 aromatic heterocycles. The Morgan fingerprint density at radius 3 is 2.92 bits per heavy atom. The fraction of sp³-hybridized carbons (Fsp3) is 0.533. The highest BCUT2D eigenvalue weighted by Gasteiger charge is 2.24. The maximum absolute atomic E-state index is 11.9. The van der Waals surface area contributed by atoms with E-state index in [1.165, 1.54) is 10.6 Å². The lowest BCUT2D eigenvalue weighted by Crippen LogP contribution is -2.37. The Kier molecular flexibility index (Phi) is 5.19. The van der Waals surface area contributed by atoms with Gasteiger partial charge >= 0.3 is 0 Å². The number of carbonyl (C=O) groups is 1. The van der Waals surface area contributed by atoms with Crippen LogP contribution in [0.1, 0.15) is 24.2 Å². The summed E-state index contributed by atoms with van der Waals surface area (Å²) in [4.78, 5) is 11.9. The fourth-order valence-electron chi connectivity index (χ4n) is 2.78. The van der Waals surface area contributed by atoms with Gasteiger partial charge in [-0.05, 0) is 18.6 Å². The summed E-state index contributed by atoms with van der Waals surface area (Å²) in [5.74, 6) is -0.0316. The van der Waals surface area contributed by atoms with Crippen LogP contribution < -0.4 is 5.32 Å². The van der Waals surface area contributed by atoms with Crippen molar-refractivity contribution in [3.63, 3.8) is 0 Å². The van der Waals surface area contributed by atoms with Gasteiger partial charge in [0.2, 0.25) is 15.9 Å². The minimum atomic E-state index is -3.20. The van der Waals surface area contributed by atoms with E-state index in [1.54, 1.807) is 15.6 Å². The molecule has 0 bridgehead atoms. The second-order valence-electron chi connectivity index (χ2n) is 6.10. The van der Waals surface area contributed by atoms with Crippen LogP contribution in [0.3, 0.4) is 0 Å². The lowest BCUT2D eigenvalue weighted by molar-refractivity contribution is -0.121. The molecule has 1 aliphatic heterocycles. The van der Waals surface area contributed by atoms with Crippen LogP contribution in [0.25, 0.3) is 0 Å². The van der Waals surface area contributed by atoms with Crippen molar-refractivity contribution in [1.29, 1.82) is 0 Å². The zero-order valence-electron chi connectivity index (χ0n) is 14.1. The summed E-state index contributed by atoms with van der Waals surface area (Å²) in [6.07, 6.45) is 5.94. The highest BCUT2D eigenvalue weighted by Crippen LogP contribution is 2.16. The lowest BCUT2D eigenvalue weighted by Gasteiger charge is -2.25. The lowest BCUT2D eigenvalue weighted by atomic mass is 10.3. The molecule has 1 N–H and O–H groups in total. The van der Waals surface area contributed by atoms with Crippen molar-refractivity contribution in [2.24, 2.45) is 0 Å². The number of aryl methyl sites for hydroxylation is 1. The number of amides is 1. The van der Waals surface area contributed by atoms with Crippen molar-refractivity contribution in [3.8, 4) is 0 Å². The smallest absolute Gasteiger partial charge is 0.220 e. The molecule has 10 heteroatoms. The fourth-order valence-corrected chi connectivity index (χ4v) is 3.56. The number of carbonyl (C=O) groups excluding carboxylic acids is 1. The Hall–Kier alpha value is -2.20. The molecule has 0 atom stereocenters. The van der Waals surface area contributed by atoms with Crippen LogP contribution in [-0.2, 0) is 41.0 Å². The van der Waals surface area contributed by atoms with Crippen molar-refractivity contribution in [3.05, 3.63) is 35.9 Å². The molecule has 0 unspecified atom stereocenters. The molecule has 3 rings (SSSR count). The first kappa shape index (κ1) is 17.6. The van der Waals surface area contributed by atoms with Crippen LogP contribution in [0, 0.1) is 0 Å². The average Bonchev–Trinajstić information content (AvgIpc) is 3.20. The number of hydrogen-bond acceptors (Lipinski definition) is 5. The number of rotatable bonds is 7. The SMILES string of the molecule is CS(=O)(=O)N1CCn2nc(CNC(=O)CCCn3cccn3)cc2C1. The summed E-state index contributed by atoms with van der Waals surface area (Å²) < 4.78 is 28.3. The van der Waals surface area contributed by atoms with E-state index in [-0.39, 0.29) is 5.91 Å². The van der Waals surface area contributed by atoms with Crippen LogP contribution in [0.15, 0.2) is 24.5 Å². The van der Waals surface area contributed by atoms with Crippen LogP contribution in [0.2, 0.25) is 0 Å². The molecule has 0 aliphatic carbocycles. The van der Waals surface area contributed by atoms with Gasteiger partial charge in [0.1, 0.15) is 0 Å². The predicted molar refractivity (Wildman–Crippen MR) is 90.8 cm³/mol. The van der Waals surface area contributed by atoms with Gasteiger partial charge in [-0.15, -0.1) is 0 Å². The standard InChI is InChI=1S/C15H22N6O3S/c1-25(23,24)20-8-9-21-14(12-20)10-13(18-21)11-16-15(22)4-2-6-19-7-3-5-17-19/h3,5,7,10H,2,4,6,8-9,11-12H2,1H3,(H,16,22). The van der Waals surface area contributed by atoms with Gasteiger partial charge in [0.15, 0.2) is 0 Å². The first-order valence-electron chi connectivity index (χ1n) is 8.17. The average molecular weight is 366 g/mol. The van der Waals surface area contributed by atoms with E-state index in [1.807, 2.05) is 18.3 Å². The molecular formula is C15H22N6O3S. The van der Waals surface area contributed by atoms with Gasteiger partial charge < -0.3 is 5.32 Å². The maximum Gasteiger partial charge on any atom is 0.220 e. The highest BCUT2D eigenvalue weighted by molar-refractivity contribution is 7.88. The zero-order valence-corrected chi connectivity index (χ0v) is 14.9. The van der Waals surface area contributed by atoms with Gasteiger partial charge in [-0.1, -0.05) is 0 Å². The third-order valence-corrected chi connectivity index (χ3v) is 5.35. The Morgan fingerprint density at radius 1 is 1.36 bits per heavy atom. The molecular weight excluding hydrogens is 344 g/mol. The van der Waals surface area contributed by atoms with Crippen LogP contribution >= 0.6 is 0 Å². The number of hydrogen-bond donors (Lipinski definition) is 1. The van der Waals surface area contributed by atoms with Crippen molar-refractivity contribution < 1.29 is 13.2 Å². The van der Waals surface area contributed by atoms with E-state index >= 15 is 0 Å². The summed E-state index contributed by atoms with van der Waals surface area (Å²) in [6.45, 7) is 2.33. The summed E-state index contributed by atoms with van der Waals surface area (Å²) in [5, 5.41) is 11.4. The van der Waals surface area contributed by atoms with E-state index in [0.717, 1.165) is 17.8 Å². The number of aromatic nitrogens is 4. The molecule has 2 aromatic rings. The molecule has 0 radical (unpaired) electrons. The van der Waals surface area contributed by atoms with Crippen molar-refractivity contribution in [2.45, 2.75) is 39.0 Å². The van der Waals surface area contributed by atoms with Gasteiger partial charge in [-0.3, -0.25) is 14.2 Å². The van der Waals surface area contributed by atoms with E-state index in [0.29, 0.717) is 39.1 Å². The molecule has 1 amide bonds. The summed E-state index contributed by atoms with van der Waals surface area (Å²) in [7, 11) is -3.20. The first-order valence-corrected chi connectivity index (χ1v) is 10.0. The Balaban J connectivity index is 1.46. The van der Waals surface area contributed by atoms with Gasteiger partial charge in [-0.25, -0.2) is 8.42 Å². The molecule has 0 aromatic carbocycles. The third kappa shape index (κ3) is 4.67. The first-order chi connectivity index (χ1) is 11.9. The number of sulfonamides is 1. The molecule has 3 heterocycles. The Bertz CT molecular complexity index is 828. The second-order valence-corrected chi connectivity index (χ2v) is 8.08. The molecule has 0 spiro atoms. The molecule has 25 heavy (non-hydrogen) atoms. The van der Waals surface area contributed by atoms with Crippen LogP contribution in [-0.4, -0.2) is 51.0 Å². The maximum atomic E-state index is 11.9. The molecule has 0 saturated carbocycles. The van der Waals surface area contributed by atoms with Crippen LogP contribution in [0.4, 0.5) is 0 Å². The number of nitrogens with one attached hydrogen (secondary N) is 1. The quantitative estimate of drug-likeness (QED) is 0.740. The Morgan fingerprint density at radius 2 is 2.20 bits per heavy atom. The molecule has 136 valence electrons. The monoisotopic (exact) mass is 366 g/mol. The highest BCUT2D eigenvalue weighted by atomic mass is 32.2. The number of nitrogens with zero attached hydrogens (tertiary/aromatic N) is 5. The molecule has 0 fully saturated rings. The van der Waals surface area contributed by atoms with E-state index in [4.69, 9.17) is 0 Å². The van der Waals surface area contributed by atoms with Crippen molar-refractivity contribution in [2.75, 3.05) is 12.8 Å². The summed E-state index contributed by atoms with van der Waals surface area (Å²) >= 11 is 0. The van der Waals surface area contributed by atoms with Gasteiger partial charge in [0.05, 0.1) is 37.3 Å². The normalized spacial score (nSPS) is 15.1. The van der Waals surface area contributed by atoms with Crippen LogP contribution in [0.5, 0.6) is 0 Å². The van der Waals surface area contributed by atoms with E-state index < -0.39 is 10.0 Å². The van der Waals surface area contributed by atoms with E-state index in [9.17, 15) is 13.2 Å². The summed E-state index contributed by atoms with van der Waals surface area (Å²) in [6, 6.07) is 3.70. The largest absolute Gasteiger partial charge is 0.350 e. The molecule has 9 nitrogen and oxygen atoms in total. The van der Waals surface area contributed by atoms with Gasteiger partial charge in [0, 0.05) is 31.9 Å². The number of fused-ring (bicyclic) bond motifs is 1. The van der Waals surface area contributed by atoms with Gasteiger partial charge in [0.25, 0.3) is 0 Å². The predicted octanol–water partition coefficient (Wildman–Crippen LogP) is -0.0486. The second kappa shape index (κ2) is 7.36. The van der Waals surface area contributed by atoms with E-state index in [2.05, 4.69) is 15.5 Å².